The van der Waals surface area contributed by atoms with Crippen LogP contribution >= 0.6 is 0 Å². The number of hydrogen-bond acceptors (Lipinski definition) is 3. The number of aryl methyl sites for hydroxylation is 1. The van der Waals surface area contributed by atoms with Gasteiger partial charge in [-0.2, -0.15) is 0 Å². The fourth-order valence-corrected chi connectivity index (χ4v) is 3.19. The van der Waals surface area contributed by atoms with Gasteiger partial charge in [-0.1, -0.05) is 6.42 Å². The van der Waals surface area contributed by atoms with Crippen molar-refractivity contribution < 1.29 is 4.79 Å². The van der Waals surface area contributed by atoms with Gasteiger partial charge >= 0.3 is 0 Å². The highest BCUT2D eigenvalue weighted by Gasteiger charge is 2.28. The second kappa shape index (κ2) is 5.33. The van der Waals surface area contributed by atoms with E-state index < -0.39 is 0 Å². The Hall–Kier alpha value is -1.36. The summed E-state index contributed by atoms with van der Waals surface area (Å²) in [5.74, 6) is 1.34. The maximum absolute atomic E-state index is 12.3. The maximum Gasteiger partial charge on any atom is 0.237 e. The summed E-state index contributed by atoms with van der Waals surface area (Å²) in [6.07, 6.45) is 9.17. The Balaban J connectivity index is 1.58. The summed E-state index contributed by atoms with van der Waals surface area (Å²) in [6.45, 7) is 1.89. The molecule has 1 saturated heterocycles. The van der Waals surface area contributed by atoms with E-state index in [4.69, 9.17) is 0 Å². The third-order valence-corrected chi connectivity index (χ3v) is 4.35. The van der Waals surface area contributed by atoms with Crippen LogP contribution < -0.4 is 5.32 Å². The third kappa shape index (κ3) is 2.66. The van der Waals surface area contributed by atoms with Gasteiger partial charge in [0.25, 0.3) is 0 Å². The number of hydrogen-bond donors (Lipinski definition) is 1. The topological polar surface area (TPSA) is 50.2 Å². The monoisotopic (exact) mass is 262 g/mol. The number of amides is 1. The molecule has 1 fully saturated rings. The van der Waals surface area contributed by atoms with Crippen LogP contribution in [0.4, 0.5) is 0 Å². The summed E-state index contributed by atoms with van der Waals surface area (Å²) in [5, 5.41) is 3.22. The maximum atomic E-state index is 12.3. The van der Waals surface area contributed by atoms with Gasteiger partial charge < -0.3 is 9.88 Å². The Kier molecular flexibility index (Phi) is 3.55. The molecule has 0 aromatic carbocycles. The van der Waals surface area contributed by atoms with E-state index in [1.807, 2.05) is 12.4 Å². The van der Waals surface area contributed by atoms with Crippen LogP contribution in [0.15, 0.2) is 12.4 Å². The molecule has 2 unspecified atom stereocenters. The Morgan fingerprint density at radius 2 is 2.32 bits per heavy atom. The lowest BCUT2D eigenvalue weighted by atomic mass is 10.0. The number of fused-ring (bicyclic) bond motifs is 1. The first-order chi connectivity index (χ1) is 9.24. The standard InChI is InChI=1S/C14H22N4O/c1-17-8-3-2-4-12(17)14(19)16-11-5-6-13-15-7-9-18(13)10-11/h7,9,11-12H,2-6,8,10H2,1H3,(H,16,19). The SMILES string of the molecule is CN1CCCCC1C(=O)NC1CCc2nccn2C1. The first kappa shape index (κ1) is 12.7. The lowest BCUT2D eigenvalue weighted by Crippen LogP contribution is -2.51. The molecule has 0 aliphatic carbocycles. The van der Waals surface area contributed by atoms with Crippen LogP contribution in [-0.4, -0.2) is 46.0 Å². The molecule has 3 heterocycles. The molecule has 0 spiro atoms. The van der Waals surface area contributed by atoms with E-state index in [2.05, 4.69) is 26.8 Å². The van der Waals surface area contributed by atoms with Crippen molar-refractivity contribution in [1.82, 2.24) is 19.8 Å². The highest BCUT2D eigenvalue weighted by Crippen LogP contribution is 2.17. The van der Waals surface area contributed by atoms with Crippen molar-refractivity contribution in [3.05, 3.63) is 18.2 Å². The van der Waals surface area contributed by atoms with Crippen LogP contribution in [0.2, 0.25) is 0 Å². The van der Waals surface area contributed by atoms with Crippen molar-refractivity contribution >= 4 is 5.91 Å². The molecule has 1 N–H and O–H groups in total. The molecule has 3 rings (SSSR count). The first-order valence-corrected chi connectivity index (χ1v) is 7.24. The molecule has 2 aliphatic rings. The fourth-order valence-electron chi connectivity index (χ4n) is 3.19. The highest BCUT2D eigenvalue weighted by atomic mass is 16.2. The second-order valence-corrected chi connectivity index (χ2v) is 5.73. The molecule has 19 heavy (non-hydrogen) atoms. The number of likely N-dealkylation sites (N-methyl/N-ethyl adjacent to an activating group) is 1. The Morgan fingerprint density at radius 3 is 3.16 bits per heavy atom. The van der Waals surface area contributed by atoms with Crippen molar-refractivity contribution in [2.24, 2.45) is 0 Å². The fraction of sp³-hybridized carbons (Fsp3) is 0.714. The lowest BCUT2D eigenvalue weighted by Gasteiger charge is -2.33. The van der Waals surface area contributed by atoms with Gasteiger partial charge in [0.1, 0.15) is 5.82 Å². The number of nitrogens with zero attached hydrogens (tertiary/aromatic N) is 3. The van der Waals surface area contributed by atoms with Crippen LogP contribution in [0.3, 0.4) is 0 Å². The summed E-state index contributed by atoms with van der Waals surface area (Å²) in [5.41, 5.74) is 0. The minimum atomic E-state index is 0.0675. The second-order valence-electron chi connectivity index (χ2n) is 5.73. The predicted molar refractivity (Wildman–Crippen MR) is 72.7 cm³/mol. The van der Waals surface area contributed by atoms with Crippen molar-refractivity contribution in [2.45, 2.75) is 50.7 Å². The number of rotatable bonds is 2. The van der Waals surface area contributed by atoms with E-state index in [-0.39, 0.29) is 18.0 Å². The number of imidazole rings is 1. The van der Waals surface area contributed by atoms with Gasteiger partial charge in [0, 0.05) is 31.4 Å². The molecular formula is C14H22N4O. The first-order valence-electron chi connectivity index (χ1n) is 7.24. The van der Waals surface area contributed by atoms with E-state index in [9.17, 15) is 4.79 Å². The van der Waals surface area contributed by atoms with Crippen molar-refractivity contribution in [2.75, 3.05) is 13.6 Å². The molecule has 1 aromatic rings. The van der Waals surface area contributed by atoms with E-state index >= 15 is 0 Å². The molecule has 1 aromatic heterocycles. The lowest BCUT2D eigenvalue weighted by molar-refractivity contribution is -0.128. The summed E-state index contributed by atoms with van der Waals surface area (Å²) in [6, 6.07) is 0.322. The van der Waals surface area contributed by atoms with Gasteiger partial charge in [0.05, 0.1) is 6.04 Å². The molecule has 0 bridgehead atoms. The van der Waals surface area contributed by atoms with E-state index in [1.54, 1.807) is 0 Å². The van der Waals surface area contributed by atoms with Gasteiger partial charge in [0.15, 0.2) is 0 Å². The van der Waals surface area contributed by atoms with Crippen LogP contribution in [0, 0.1) is 0 Å². The van der Waals surface area contributed by atoms with Crippen LogP contribution in [-0.2, 0) is 17.8 Å². The number of piperidine rings is 1. The molecule has 0 saturated carbocycles. The zero-order chi connectivity index (χ0) is 13.2. The Morgan fingerprint density at radius 1 is 1.42 bits per heavy atom. The highest BCUT2D eigenvalue weighted by molar-refractivity contribution is 5.82. The quantitative estimate of drug-likeness (QED) is 0.857. The molecule has 0 radical (unpaired) electrons. The Labute approximate surface area is 114 Å². The van der Waals surface area contributed by atoms with E-state index in [0.717, 1.165) is 38.2 Å². The number of aromatic nitrogens is 2. The zero-order valence-electron chi connectivity index (χ0n) is 11.5. The number of likely N-dealkylation sites (tertiary alicyclic amines) is 1. The summed E-state index contributed by atoms with van der Waals surface area (Å²) in [4.78, 5) is 18.8. The molecule has 104 valence electrons. The normalized spacial score (nSPS) is 27.8. The van der Waals surface area contributed by atoms with Crippen molar-refractivity contribution in [3.8, 4) is 0 Å². The summed E-state index contributed by atoms with van der Waals surface area (Å²) >= 11 is 0. The van der Waals surface area contributed by atoms with E-state index in [1.165, 1.54) is 12.8 Å². The van der Waals surface area contributed by atoms with Gasteiger partial charge in [-0.3, -0.25) is 9.69 Å². The minimum absolute atomic E-state index is 0.0675. The van der Waals surface area contributed by atoms with Gasteiger partial charge in [-0.05, 0) is 32.9 Å². The minimum Gasteiger partial charge on any atom is -0.350 e. The number of nitrogens with one attached hydrogen (secondary N) is 1. The Bertz CT molecular complexity index is 456. The van der Waals surface area contributed by atoms with Gasteiger partial charge in [-0.25, -0.2) is 4.98 Å². The largest absolute Gasteiger partial charge is 0.350 e. The molecule has 5 nitrogen and oxygen atoms in total. The van der Waals surface area contributed by atoms with Crippen LogP contribution in [0.25, 0.3) is 0 Å². The third-order valence-electron chi connectivity index (χ3n) is 4.35. The van der Waals surface area contributed by atoms with Crippen LogP contribution in [0.1, 0.15) is 31.5 Å². The van der Waals surface area contributed by atoms with E-state index in [0.29, 0.717) is 0 Å². The van der Waals surface area contributed by atoms with Gasteiger partial charge in [-0.15, -0.1) is 0 Å². The molecule has 2 aliphatic heterocycles. The molecule has 5 heteroatoms. The average molecular weight is 262 g/mol. The molecular weight excluding hydrogens is 240 g/mol. The smallest absolute Gasteiger partial charge is 0.237 e. The summed E-state index contributed by atoms with van der Waals surface area (Å²) < 4.78 is 2.15. The van der Waals surface area contributed by atoms with Crippen molar-refractivity contribution in [1.29, 1.82) is 0 Å². The van der Waals surface area contributed by atoms with Gasteiger partial charge in [0.2, 0.25) is 5.91 Å². The predicted octanol–water partition coefficient (Wildman–Crippen LogP) is 0.798. The zero-order valence-corrected chi connectivity index (χ0v) is 11.5. The number of carbonyl (C=O) groups excluding carboxylic acids is 1. The summed E-state index contributed by atoms with van der Waals surface area (Å²) in [7, 11) is 2.05. The molecule has 1 amide bonds. The number of carbonyl (C=O) groups is 1. The molecule has 2 atom stereocenters. The average Bonchev–Trinajstić information content (AvgIpc) is 2.86. The van der Waals surface area contributed by atoms with Crippen molar-refractivity contribution in [3.63, 3.8) is 0 Å². The van der Waals surface area contributed by atoms with Crippen LogP contribution in [0.5, 0.6) is 0 Å².